The molecule has 0 aliphatic heterocycles. The number of carbonyl (C=O) groups excluding carboxylic acids is 2. The molecule has 39 heavy (non-hydrogen) atoms. The first-order valence-electron chi connectivity index (χ1n) is 12.5. The maximum absolute atomic E-state index is 13.9. The summed E-state index contributed by atoms with van der Waals surface area (Å²) in [6, 6.07) is 18.8. The summed E-state index contributed by atoms with van der Waals surface area (Å²) in [7, 11) is -2.68. The minimum Gasteiger partial charge on any atom is -0.497 e. The highest BCUT2D eigenvalue weighted by Crippen LogP contribution is 2.28. The van der Waals surface area contributed by atoms with Gasteiger partial charge in [-0.1, -0.05) is 47.5 Å². The zero-order valence-corrected chi connectivity index (χ0v) is 24.3. The van der Waals surface area contributed by atoms with Gasteiger partial charge in [-0.3, -0.25) is 13.9 Å². The van der Waals surface area contributed by atoms with Gasteiger partial charge in [0.15, 0.2) is 0 Å². The smallest absolute Gasteiger partial charge is 0.264 e. The van der Waals surface area contributed by atoms with Gasteiger partial charge in [-0.15, -0.1) is 0 Å². The van der Waals surface area contributed by atoms with E-state index in [1.165, 1.54) is 24.1 Å². The van der Waals surface area contributed by atoms with Gasteiger partial charge in [-0.05, 0) is 69.7 Å². The van der Waals surface area contributed by atoms with Gasteiger partial charge in [0.2, 0.25) is 11.8 Å². The van der Waals surface area contributed by atoms with Crippen LogP contribution in [0.3, 0.4) is 0 Å². The second-order valence-corrected chi connectivity index (χ2v) is 11.8. The summed E-state index contributed by atoms with van der Waals surface area (Å²) in [5, 5.41) is 3.31. The number of rotatable bonds is 11. The van der Waals surface area contributed by atoms with E-state index in [0.717, 1.165) is 9.87 Å². The third-order valence-electron chi connectivity index (χ3n) is 6.07. The van der Waals surface area contributed by atoms with E-state index in [9.17, 15) is 18.0 Å². The zero-order valence-electron chi connectivity index (χ0n) is 22.7. The average molecular weight is 572 g/mol. The van der Waals surface area contributed by atoms with Crippen molar-refractivity contribution in [3.05, 3.63) is 88.9 Å². The van der Waals surface area contributed by atoms with Crippen molar-refractivity contribution in [2.75, 3.05) is 18.0 Å². The van der Waals surface area contributed by atoms with Crippen LogP contribution in [0.2, 0.25) is 5.02 Å². The van der Waals surface area contributed by atoms with Gasteiger partial charge in [-0.2, -0.15) is 0 Å². The number of nitrogens with one attached hydrogen (secondary N) is 1. The van der Waals surface area contributed by atoms with Crippen molar-refractivity contribution >= 4 is 39.1 Å². The molecule has 8 nitrogen and oxygen atoms in total. The number of ether oxygens (including phenoxy) is 1. The number of aryl methyl sites for hydroxylation is 1. The number of benzene rings is 3. The first-order valence-corrected chi connectivity index (χ1v) is 14.3. The van der Waals surface area contributed by atoms with Gasteiger partial charge in [-0.25, -0.2) is 8.42 Å². The molecule has 208 valence electrons. The second kappa shape index (κ2) is 13.0. The first-order chi connectivity index (χ1) is 18.4. The Morgan fingerprint density at radius 1 is 0.974 bits per heavy atom. The second-order valence-electron chi connectivity index (χ2n) is 9.52. The molecule has 0 aromatic heterocycles. The van der Waals surface area contributed by atoms with Crippen LogP contribution in [0.25, 0.3) is 0 Å². The number of amides is 2. The number of sulfonamides is 1. The Morgan fingerprint density at radius 3 is 2.26 bits per heavy atom. The summed E-state index contributed by atoms with van der Waals surface area (Å²) >= 11 is 6.17. The van der Waals surface area contributed by atoms with Crippen molar-refractivity contribution in [3.63, 3.8) is 0 Å². The van der Waals surface area contributed by atoms with Crippen LogP contribution in [0, 0.1) is 6.92 Å². The molecular weight excluding hydrogens is 538 g/mol. The van der Waals surface area contributed by atoms with Crippen molar-refractivity contribution in [3.8, 4) is 5.75 Å². The lowest BCUT2D eigenvalue weighted by Crippen LogP contribution is -2.52. The Kier molecular flexibility index (Phi) is 9.99. The van der Waals surface area contributed by atoms with E-state index in [0.29, 0.717) is 16.3 Å². The predicted octanol–water partition coefficient (Wildman–Crippen LogP) is 4.79. The molecule has 0 radical (unpaired) electrons. The van der Waals surface area contributed by atoms with Crippen LogP contribution in [0.15, 0.2) is 77.7 Å². The van der Waals surface area contributed by atoms with E-state index < -0.39 is 28.5 Å². The Morgan fingerprint density at radius 2 is 1.64 bits per heavy atom. The van der Waals surface area contributed by atoms with Gasteiger partial charge in [0, 0.05) is 23.7 Å². The Balaban J connectivity index is 2.05. The topological polar surface area (TPSA) is 96.0 Å². The number of hydrogen-bond donors (Lipinski definition) is 1. The fourth-order valence-corrected chi connectivity index (χ4v) is 5.57. The monoisotopic (exact) mass is 571 g/mol. The van der Waals surface area contributed by atoms with Gasteiger partial charge in [0.25, 0.3) is 10.0 Å². The molecule has 1 atom stereocenters. The lowest BCUT2D eigenvalue weighted by atomic mass is 10.1. The summed E-state index contributed by atoms with van der Waals surface area (Å²) < 4.78 is 34.1. The SMILES string of the molecule is COc1cccc(N(CC(=O)N(Cc2cccc(Cl)c2)[C@H](C)C(=O)NC(C)C)S(=O)(=O)c2ccc(C)cc2)c1. The summed E-state index contributed by atoms with van der Waals surface area (Å²) in [5.41, 5.74) is 1.86. The van der Waals surface area contributed by atoms with Gasteiger partial charge >= 0.3 is 0 Å². The lowest BCUT2D eigenvalue weighted by Gasteiger charge is -2.32. The molecule has 0 saturated heterocycles. The minimum atomic E-state index is -4.16. The Labute approximate surface area is 235 Å². The molecule has 0 aliphatic carbocycles. The van der Waals surface area contributed by atoms with Crippen molar-refractivity contribution in [1.82, 2.24) is 10.2 Å². The van der Waals surface area contributed by atoms with Crippen LogP contribution in [-0.2, 0) is 26.2 Å². The van der Waals surface area contributed by atoms with Crippen molar-refractivity contribution in [1.29, 1.82) is 0 Å². The van der Waals surface area contributed by atoms with Gasteiger partial charge < -0.3 is 15.0 Å². The number of hydrogen-bond acceptors (Lipinski definition) is 5. The molecule has 1 N–H and O–H groups in total. The van der Waals surface area contributed by atoms with Crippen LogP contribution < -0.4 is 14.4 Å². The largest absolute Gasteiger partial charge is 0.497 e. The van der Waals surface area contributed by atoms with E-state index in [1.807, 2.05) is 20.8 Å². The standard InChI is InChI=1S/C29H34ClN3O5S/c1-20(2)31-29(35)22(4)32(18-23-8-6-9-24(30)16-23)28(34)19-33(25-10-7-11-26(17-25)38-5)39(36,37)27-14-12-21(3)13-15-27/h6-17,20,22H,18-19H2,1-5H3,(H,31,35)/t22-/m1/s1. The normalized spacial score (nSPS) is 12.1. The summed E-state index contributed by atoms with van der Waals surface area (Å²) in [6.07, 6.45) is 0. The van der Waals surface area contributed by atoms with E-state index in [-0.39, 0.29) is 29.1 Å². The molecule has 0 unspecified atom stereocenters. The maximum atomic E-state index is 13.9. The predicted molar refractivity (Wildman–Crippen MR) is 153 cm³/mol. The van der Waals surface area contributed by atoms with Crippen LogP contribution >= 0.6 is 11.6 Å². The minimum absolute atomic E-state index is 0.0377. The Bertz CT molecular complexity index is 1410. The first kappa shape index (κ1) is 30.0. The van der Waals surface area contributed by atoms with E-state index in [4.69, 9.17) is 16.3 Å². The summed E-state index contributed by atoms with van der Waals surface area (Å²) in [6.45, 7) is 6.65. The summed E-state index contributed by atoms with van der Waals surface area (Å²) in [4.78, 5) is 28.3. The maximum Gasteiger partial charge on any atom is 0.264 e. The van der Waals surface area contributed by atoms with E-state index in [1.54, 1.807) is 67.6 Å². The number of carbonyl (C=O) groups is 2. The fraction of sp³-hybridized carbons (Fsp3) is 0.310. The van der Waals surface area contributed by atoms with Crippen LogP contribution in [-0.4, -0.2) is 50.9 Å². The molecule has 0 aliphatic rings. The van der Waals surface area contributed by atoms with Crippen LogP contribution in [0.1, 0.15) is 31.9 Å². The third kappa shape index (κ3) is 7.74. The summed E-state index contributed by atoms with van der Waals surface area (Å²) in [5.74, 6) is -0.473. The molecule has 0 saturated carbocycles. The molecule has 0 bridgehead atoms. The number of halogens is 1. The van der Waals surface area contributed by atoms with Crippen molar-refractivity contribution in [2.45, 2.75) is 51.2 Å². The molecule has 3 aromatic carbocycles. The molecule has 0 spiro atoms. The third-order valence-corrected chi connectivity index (χ3v) is 8.09. The van der Waals surface area contributed by atoms with Crippen molar-refractivity contribution in [2.24, 2.45) is 0 Å². The highest BCUT2D eigenvalue weighted by molar-refractivity contribution is 7.92. The van der Waals surface area contributed by atoms with Gasteiger partial charge in [0.1, 0.15) is 18.3 Å². The number of anilines is 1. The Hall–Kier alpha value is -3.56. The highest BCUT2D eigenvalue weighted by Gasteiger charge is 2.32. The quantitative estimate of drug-likeness (QED) is 0.357. The van der Waals surface area contributed by atoms with Crippen molar-refractivity contribution < 1.29 is 22.7 Å². The zero-order chi connectivity index (χ0) is 28.7. The van der Waals surface area contributed by atoms with Crippen LogP contribution in [0.4, 0.5) is 5.69 Å². The van der Waals surface area contributed by atoms with E-state index >= 15 is 0 Å². The molecule has 2 amide bonds. The fourth-order valence-electron chi connectivity index (χ4n) is 3.95. The lowest BCUT2D eigenvalue weighted by molar-refractivity contribution is -0.139. The number of nitrogens with zero attached hydrogens (tertiary/aromatic N) is 2. The van der Waals surface area contributed by atoms with E-state index in [2.05, 4.69) is 5.32 Å². The molecular formula is C29H34ClN3O5S. The molecule has 0 fully saturated rings. The van der Waals surface area contributed by atoms with Crippen LogP contribution in [0.5, 0.6) is 5.75 Å². The molecule has 3 aromatic rings. The number of methoxy groups -OCH3 is 1. The molecule has 10 heteroatoms. The highest BCUT2D eigenvalue weighted by atomic mass is 35.5. The average Bonchev–Trinajstić information content (AvgIpc) is 2.89. The molecule has 3 rings (SSSR count). The molecule has 0 heterocycles. The van der Waals surface area contributed by atoms with Gasteiger partial charge in [0.05, 0.1) is 17.7 Å².